The van der Waals surface area contributed by atoms with E-state index in [1.807, 2.05) is 20.3 Å². The molecular formula is C7H11B2N5. The third-order valence-electron chi connectivity index (χ3n) is 2.24. The third-order valence-corrected chi connectivity index (χ3v) is 2.24. The van der Waals surface area contributed by atoms with Crippen molar-refractivity contribution in [1.29, 1.82) is 0 Å². The number of imidazole rings is 1. The van der Waals surface area contributed by atoms with Gasteiger partial charge >= 0.3 is 0 Å². The van der Waals surface area contributed by atoms with Gasteiger partial charge in [0.2, 0.25) is 0 Å². The molecule has 0 amide bonds. The first-order chi connectivity index (χ1) is 6.63. The van der Waals surface area contributed by atoms with Gasteiger partial charge in [-0.2, -0.15) is 0 Å². The average Bonchev–Trinajstić information content (AvgIpc) is 2.41. The van der Waals surface area contributed by atoms with Crippen molar-refractivity contribution in [2.45, 2.75) is 13.5 Å². The van der Waals surface area contributed by atoms with Crippen LogP contribution in [0.3, 0.4) is 0 Å². The van der Waals surface area contributed by atoms with E-state index >= 15 is 0 Å². The summed E-state index contributed by atoms with van der Waals surface area (Å²) >= 11 is 0. The van der Waals surface area contributed by atoms with Gasteiger partial charge in [0.25, 0.3) is 0 Å². The van der Waals surface area contributed by atoms with Gasteiger partial charge in [-0.15, -0.1) is 0 Å². The molecule has 2 N–H and O–H groups in total. The lowest BCUT2D eigenvalue weighted by Gasteiger charge is -2.02. The van der Waals surface area contributed by atoms with Gasteiger partial charge in [-0.05, 0) is 6.92 Å². The van der Waals surface area contributed by atoms with E-state index in [0.717, 1.165) is 17.9 Å². The molecule has 7 heteroatoms. The van der Waals surface area contributed by atoms with E-state index in [0.29, 0.717) is 17.1 Å². The Morgan fingerprint density at radius 1 is 1.29 bits per heavy atom. The van der Waals surface area contributed by atoms with Crippen molar-refractivity contribution in [3.05, 3.63) is 0 Å². The number of nitrogens with zero attached hydrogens (tertiary/aromatic N) is 4. The summed E-state index contributed by atoms with van der Waals surface area (Å²) in [6.07, 6.45) is 0. The molecule has 0 atom stereocenters. The van der Waals surface area contributed by atoms with Gasteiger partial charge in [-0.1, -0.05) is 0 Å². The van der Waals surface area contributed by atoms with Gasteiger partial charge in [0, 0.05) is 6.54 Å². The molecule has 0 aliphatic carbocycles. The smallest absolute Gasteiger partial charge is 0.189 e. The number of nitrogen functional groups attached to an aromatic ring is 1. The third kappa shape index (κ3) is 1.16. The van der Waals surface area contributed by atoms with E-state index in [2.05, 4.69) is 21.9 Å². The molecule has 14 heavy (non-hydrogen) atoms. The quantitative estimate of drug-likeness (QED) is 0.481. The van der Waals surface area contributed by atoms with Crippen LogP contribution in [-0.2, 0) is 6.54 Å². The Hall–Kier alpha value is -1.52. The number of nitrogens with two attached hydrogens (primary N) is 1. The topological polar surface area (TPSA) is 69.6 Å². The zero-order valence-electron chi connectivity index (χ0n) is 8.57. The molecule has 0 radical (unpaired) electrons. The molecular weight excluding hydrogens is 176 g/mol. The standard InChI is InChI=1S/C7H11B2N5/c1-2-14-5-3(11-7(14)9)4(10)12-6(8)13-5/h2,8-9H2,1H3,(H2,10,12,13). The molecule has 0 aliphatic rings. The maximum atomic E-state index is 5.77. The molecule has 2 rings (SSSR count). The number of hydrogen-bond donors (Lipinski definition) is 1. The lowest BCUT2D eigenvalue weighted by molar-refractivity contribution is 0.803. The summed E-state index contributed by atoms with van der Waals surface area (Å²) in [7, 11) is 3.78. The highest BCUT2D eigenvalue weighted by Gasteiger charge is 2.10. The maximum Gasteiger partial charge on any atom is 0.189 e. The van der Waals surface area contributed by atoms with Crippen molar-refractivity contribution in [3.63, 3.8) is 0 Å². The highest BCUT2D eigenvalue weighted by Crippen LogP contribution is 2.11. The predicted molar refractivity (Wildman–Crippen MR) is 61.8 cm³/mol. The molecule has 2 aromatic heterocycles. The highest BCUT2D eigenvalue weighted by atomic mass is 15.1. The SMILES string of the molecule is Bc1nc(N)c2nc(B)n(CC)c2n1. The van der Waals surface area contributed by atoms with E-state index in [1.54, 1.807) is 0 Å². The zero-order valence-corrected chi connectivity index (χ0v) is 8.57. The molecule has 0 fully saturated rings. The summed E-state index contributed by atoms with van der Waals surface area (Å²) in [5.74, 6) is 0.461. The molecule has 0 saturated carbocycles. The minimum Gasteiger partial charge on any atom is -0.382 e. The summed E-state index contributed by atoms with van der Waals surface area (Å²) in [4.78, 5) is 12.8. The molecule has 0 saturated heterocycles. The Balaban J connectivity index is 2.87. The molecule has 0 aromatic carbocycles. The van der Waals surface area contributed by atoms with Crippen LogP contribution >= 0.6 is 0 Å². The summed E-state index contributed by atoms with van der Waals surface area (Å²) in [5, 5.41) is 0. The second kappa shape index (κ2) is 3.01. The molecule has 0 bridgehead atoms. The van der Waals surface area contributed by atoms with E-state index in [4.69, 9.17) is 5.73 Å². The Kier molecular flexibility index (Phi) is 1.94. The van der Waals surface area contributed by atoms with Gasteiger partial charge in [0.1, 0.15) is 5.52 Å². The first kappa shape index (κ1) is 9.05. The van der Waals surface area contributed by atoms with Crippen LogP contribution in [-0.4, -0.2) is 35.2 Å². The van der Waals surface area contributed by atoms with Crippen molar-refractivity contribution < 1.29 is 0 Å². The normalized spacial score (nSPS) is 10.9. The van der Waals surface area contributed by atoms with Crippen LogP contribution in [0.2, 0.25) is 0 Å². The molecule has 2 heterocycles. The summed E-state index contributed by atoms with van der Waals surface area (Å²) in [6, 6.07) is 0. The first-order valence-electron chi connectivity index (χ1n) is 4.60. The summed E-state index contributed by atoms with van der Waals surface area (Å²) in [5.41, 5.74) is 8.91. The van der Waals surface area contributed by atoms with Crippen LogP contribution < -0.4 is 17.2 Å². The van der Waals surface area contributed by atoms with Gasteiger partial charge in [-0.3, -0.25) is 0 Å². The number of fused-ring (bicyclic) bond motifs is 1. The van der Waals surface area contributed by atoms with E-state index < -0.39 is 0 Å². The second-order valence-electron chi connectivity index (χ2n) is 3.23. The largest absolute Gasteiger partial charge is 0.382 e. The number of anilines is 1. The van der Waals surface area contributed by atoms with Crippen molar-refractivity contribution >= 4 is 44.1 Å². The van der Waals surface area contributed by atoms with Crippen molar-refractivity contribution in [3.8, 4) is 0 Å². The maximum absolute atomic E-state index is 5.77. The van der Waals surface area contributed by atoms with Crippen LogP contribution in [0.5, 0.6) is 0 Å². The van der Waals surface area contributed by atoms with Gasteiger partial charge < -0.3 is 10.3 Å². The van der Waals surface area contributed by atoms with Crippen LogP contribution in [0.25, 0.3) is 11.2 Å². The predicted octanol–water partition coefficient (Wildman–Crippen LogP) is -3.05. The summed E-state index contributed by atoms with van der Waals surface area (Å²) < 4.78 is 2.03. The molecule has 2 aromatic rings. The Morgan fingerprint density at radius 2 is 2.00 bits per heavy atom. The van der Waals surface area contributed by atoms with Crippen LogP contribution in [0.4, 0.5) is 5.82 Å². The minimum atomic E-state index is 0.461. The molecule has 0 unspecified atom stereocenters. The lowest BCUT2D eigenvalue weighted by Crippen LogP contribution is -2.20. The van der Waals surface area contributed by atoms with Crippen LogP contribution in [0.1, 0.15) is 6.92 Å². The van der Waals surface area contributed by atoms with E-state index in [9.17, 15) is 0 Å². The molecule has 0 aliphatic heterocycles. The fourth-order valence-corrected chi connectivity index (χ4v) is 1.62. The van der Waals surface area contributed by atoms with Gasteiger partial charge in [0.15, 0.2) is 27.2 Å². The fourth-order valence-electron chi connectivity index (χ4n) is 1.62. The highest BCUT2D eigenvalue weighted by molar-refractivity contribution is 6.31. The molecule has 5 nitrogen and oxygen atoms in total. The summed E-state index contributed by atoms with van der Waals surface area (Å²) in [6.45, 7) is 2.90. The molecule has 70 valence electrons. The number of rotatable bonds is 1. The van der Waals surface area contributed by atoms with Crippen LogP contribution in [0, 0.1) is 0 Å². The average molecular weight is 187 g/mol. The van der Waals surface area contributed by atoms with Crippen LogP contribution in [0.15, 0.2) is 0 Å². The number of aromatic nitrogens is 4. The van der Waals surface area contributed by atoms with Crippen molar-refractivity contribution in [1.82, 2.24) is 19.5 Å². The fraction of sp³-hybridized carbons (Fsp3) is 0.286. The van der Waals surface area contributed by atoms with Crippen molar-refractivity contribution in [2.75, 3.05) is 5.73 Å². The lowest BCUT2D eigenvalue weighted by atomic mass is 10.1. The Morgan fingerprint density at radius 3 is 2.64 bits per heavy atom. The Labute approximate surface area is 83.6 Å². The van der Waals surface area contributed by atoms with E-state index in [-0.39, 0.29) is 0 Å². The monoisotopic (exact) mass is 187 g/mol. The second-order valence-corrected chi connectivity index (χ2v) is 3.23. The first-order valence-corrected chi connectivity index (χ1v) is 4.60. The van der Waals surface area contributed by atoms with Gasteiger partial charge in [-0.25, -0.2) is 15.0 Å². The van der Waals surface area contributed by atoms with E-state index in [1.165, 1.54) is 0 Å². The number of aryl methyl sites for hydroxylation is 1. The minimum absolute atomic E-state index is 0.461. The van der Waals surface area contributed by atoms with Gasteiger partial charge in [0.05, 0.1) is 11.4 Å². The Bertz CT molecular complexity index is 492. The molecule has 0 spiro atoms. The van der Waals surface area contributed by atoms with Crippen molar-refractivity contribution in [2.24, 2.45) is 0 Å². The zero-order chi connectivity index (χ0) is 10.3. The number of hydrogen-bond acceptors (Lipinski definition) is 4.